The Hall–Kier alpha value is -2.21. The van der Waals surface area contributed by atoms with Crippen molar-refractivity contribution in [1.29, 1.82) is 0 Å². The van der Waals surface area contributed by atoms with Crippen LogP contribution in [0, 0.1) is 65.1 Å². The summed E-state index contributed by atoms with van der Waals surface area (Å²) in [5.41, 5.74) is -0.413. The third kappa shape index (κ3) is 7.24. The molecule has 6 aliphatic rings. The van der Waals surface area contributed by atoms with Crippen molar-refractivity contribution in [2.24, 2.45) is 65.1 Å². The van der Waals surface area contributed by atoms with Gasteiger partial charge in [-0.05, 0) is 107 Å². The van der Waals surface area contributed by atoms with E-state index >= 15 is 0 Å². The molecule has 0 aromatic carbocycles. The summed E-state index contributed by atoms with van der Waals surface area (Å²) in [5.74, 6) is 5.90. The topological polar surface area (TPSA) is 78.9 Å². The van der Waals surface area contributed by atoms with Crippen LogP contribution in [0.2, 0.25) is 0 Å². The average Bonchev–Trinajstić information content (AvgIpc) is 3.74. The van der Waals surface area contributed by atoms with Crippen molar-refractivity contribution in [3.63, 3.8) is 0 Å². The number of ketones is 1. The van der Waals surface area contributed by atoms with Gasteiger partial charge in [0, 0.05) is 13.0 Å². The Morgan fingerprint density at radius 2 is 1.29 bits per heavy atom. The lowest BCUT2D eigenvalue weighted by molar-refractivity contribution is -0.158. The summed E-state index contributed by atoms with van der Waals surface area (Å²) in [5, 5.41) is 0. The van der Waals surface area contributed by atoms with Gasteiger partial charge in [-0.1, -0.05) is 50.3 Å². The summed E-state index contributed by atoms with van der Waals surface area (Å²) in [6.45, 7) is 11.8. The Balaban J connectivity index is 0.000000147. The van der Waals surface area contributed by atoms with Crippen LogP contribution in [0.25, 0.3) is 0 Å². The van der Waals surface area contributed by atoms with Crippen molar-refractivity contribution >= 4 is 17.7 Å². The molecule has 0 spiro atoms. The molecule has 0 heterocycles. The van der Waals surface area contributed by atoms with E-state index in [0.29, 0.717) is 71.4 Å². The molecule has 228 valence electrons. The Bertz CT molecular complexity index is 1050. The minimum Gasteiger partial charge on any atom is -0.469 e. The Labute approximate surface area is 247 Å². The van der Waals surface area contributed by atoms with Crippen LogP contribution >= 0.6 is 0 Å². The quantitative estimate of drug-likeness (QED) is 0.265. The molecular formula is C35H52O6. The van der Waals surface area contributed by atoms with E-state index in [0.717, 1.165) is 12.8 Å². The van der Waals surface area contributed by atoms with E-state index in [2.05, 4.69) is 50.3 Å². The fraction of sp³-hybridized carbons (Fsp3) is 0.743. The molecule has 0 aliphatic heterocycles. The number of esters is 2. The first kappa shape index (κ1) is 31.7. The number of carbonyl (C=O) groups is 3. The summed E-state index contributed by atoms with van der Waals surface area (Å²) >= 11 is 0. The molecule has 3 fully saturated rings. The monoisotopic (exact) mass is 568 g/mol. The van der Waals surface area contributed by atoms with Crippen molar-refractivity contribution in [2.45, 2.75) is 85.4 Å². The van der Waals surface area contributed by atoms with Crippen LogP contribution in [0.5, 0.6) is 0 Å². The van der Waals surface area contributed by atoms with Gasteiger partial charge in [0.2, 0.25) is 0 Å². The standard InChI is InChI=1S/C15H24O3.C10H14O2.C10H14O/c1-15(2,3)18-14(16)9-13(17-4)12-8-10-5-6-11(12)7-10;1-6-7-3-4-8(5-7)9(6)10(11)12-2;1-6-8-3-4-9(5-8)10(6)7(2)11/h5-6,10-13H,7-9H2,1-4H3;3-4,6-9H,5H2,1-2H3;3-4,6,8-10H,5H2,1-2H3. The van der Waals surface area contributed by atoms with Crippen LogP contribution in [0.1, 0.15) is 73.6 Å². The van der Waals surface area contributed by atoms with Crippen LogP contribution in [-0.4, -0.2) is 43.6 Å². The highest BCUT2D eigenvalue weighted by Gasteiger charge is 2.46. The lowest BCUT2D eigenvalue weighted by Gasteiger charge is -2.28. The van der Waals surface area contributed by atoms with E-state index in [1.54, 1.807) is 14.0 Å². The second kappa shape index (κ2) is 13.0. The molecule has 6 aliphatic carbocycles. The predicted molar refractivity (Wildman–Crippen MR) is 160 cm³/mol. The lowest BCUT2D eigenvalue weighted by atomic mass is 9.82. The van der Waals surface area contributed by atoms with Crippen molar-refractivity contribution in [1.82, 2.24) is 0 Å². The average molecular weight is 569 g/mol. The summed E-state index contributed by atoms with van der Waals surface area (Å²) in [7, 11) is 3.18. The number of ether oxygens (including phenoxy) is 3. The molecule has 0 radical (unpaired) electrons. The first-order valence-electron chi connectivity index (χ1n) is 15.7. The first-order chi connectivity index (χ1) is 19.3. The van der Waals surface area contributed by atoms with Gasteiger partial charge in [-0.3, -0.25) is 14.4 Å². The van der Waals surface area contributed by atoms with Gasteiger partial charge in [0.25, 0.3) is 0 Å². The van der Waals surface area contributed by atoms with Gasteiger partial charge in [0.1, 0.15) is 11.4 Å². The van der Waals surface area contributed by atoms with Gasteiger partial charge in [-0.2, -0.15) is 0 Å². The number of allylic oxidation sites excluding steroid dienone is 6. The molecular weight excluding hydrogens is 516 g/mol. The van der Waals surface area contributed by atoms with Crippen molar-refractivity contribution in [3.8, 4) is 0 Å². The third-order valence-corrected chi connectivity index (χ3v) is 10.5. The number of fused-ring (bicyclic) bond motifs is 6. The number of Topliss-reactive ketones (excluding diaryl/α,β-unsaturated/α-hetero) is 1. The number of hydrogen-bond acceptors (Lipinski definition) is 6. The maximum absolute atomic E-state index is 11.9. The summed E-state index contributed by atoms with van der Waals surface area (Å²) in [4.78, 5) is 34.4. The van der Waals surface area contributed by atoms with Crippen LogP contribution in [0.4, 0.5) is 0 Å². The van der Waals surface area contributed by atoms with Crippen LogP contribution in [0.15, 0.2) is 36.5 Å². The molecule has 3 saturated carbocycles. The third-order valence-electron chi connectivity index (χ3n) is 10.5. The van der Waals surface area contributed by atoms with Crippen molar-refractivity contribution in [2.75, 3.05) is 14.2 Å². The van der Waals surface area contributed by atoms with E-state index in [1.807, 2.05) is 20.8 Å². The highest BCUT2D eigenvalue weighted by molar-refractivity contribution is 5.80. The molecule has 0 aromatic heterocycles. The van der Waals surface area contributed by atoms with Gasteiger partial charge in [0.05, 0.1) is 25.6 Å². The SMILES string of the molecule is CC(=O)C1C2C=CC(C2)C1C.COC(=O)C1C2C=CC(C2)C1C.COC(CC(=O)OC(C)(C)C)C1CC2C=CC1C2. The zero-order valence-electron chi connectivity index (χ0n) is 26.4. The Morgan fingerprint density at radius 3 is 1.66 bits per heavy atom. The minimum atomic E-state index is -0.413. The van der Waals surface area contributed by atoms with E-state index in [-0.39, 0.29) is 24.0 Å². The number of rotatable bonds is 6. The Kier molecular flexibility index (Phi) is 10.0. The van der Waals surface area contributed by atoms with Crippen LogP contribution in [0.3, 0.4) is 0 Å². The van der Waals surface area contributed by atoms with Gasteiger partial charge in [-0.25, -0.2) is 0 Å². The Morgan fingerprint density at radius 1 is 0.756 bits per heavy atom. The predicted octanol–water partition coefficient (Wildman–Crippen LogP) is 6.60. The maximum Gasteiger partial charge on any atom is 0.309 e. The fourth-order valence-corrected chi connectivity index (χ4v) is 8.54. The summed E-state index contributed by atoms with van der Waals surface area (Å²) < 4.78 is 15.7. The molecule has 6 nitrogen and oxygen atoms in total. The van der Waals surface area contributed by atoms with E-state index in [4.69, 9.17) is 14.2 Å². The second-order valence-electron chi connectivity index (χ2n) is 14.3. The van der Waals surface area contributed by atoms with Gasteiger partial charge >= 0.3 is 11.9 Å². The number of hydrogen-bond donors (Lipinski definition) is 0. The molecule has 0 saturated heterocycles. The largest absolute Gasteiger partial charge is 0.469 e. The van der Waals surface area contributed by atoms with Crippen molar-refractivity contribution in [3.05, 3.63) is 36.5 Å². The smallest absolute Gasteiger partial charge is 0.309 e. The molecule has 0 N–H and O–H groups in total. The van der Waals surface area contributed by atoms with Gasteiger partial charge in [0.15, 0.2) is 0 Å². The highest BCUT2D eigenvalue weighted by Crippen LogP contribution is 2.49. The van der Waals surface area contributed by atoms with Crippen LogP contribution in [-0.2, 0) is 28.6 Å². The lowest BCUT2D eigenvalue weighted by Crippen LogP contribution is -2.32. The number of methoxy groups -OCH3 is 2. The molecule has 12 atom stereocenters. The van der Waals surface area contributed by atoms with Gasteiger partial charge < -0.3 is 14.2 Å². The fourth-order valence-electron chi connectivity index (χ4n) is 8.54. The van der Waals surface area contributed by atoms with E-state index in [9.17, 15) is 14.4 Å². The zero-order valence-corrected chi connectivity index (χ0v) is 26.4. The van der Waals surface area contributed by atoms with Gasteiger partial charge in [-0.15, -0.1) is 0 Å². The zero-order chi connectivity index (χ0) is 30.1. The second-order valence-corrected chi connectivity index (χ2v) is 14.3. The molecule has 41 heavy (non-hydrogen) atoms. The molecule has 6 heteroatoms. The van der Waals surface area contributed by atoms with Crippen LogP contribution < -0.4 is 0 Å². The van der Waals surface area contributed by atoms with E-state index in [1.165, 1.54) is 20.0 Å². The summed E-state index contributed by atoms with van der Waals surface area (Å²) in [6.07, 6.45) is 18.7. The molecule has 6 bridgehead atoms. The van der Waals surface area contributed by atoms with Crippen molar-refractivity contribution < 1.29 is 28.6 Å². The maximum atomic E-state index is 11.9. The number of carbonyl (C=O) groups excluding carboxylic acids is 3. The summed E-state index contributed by atoms with van der Waals surface area (Å²) in [6, 6.07) is 0. The first-order valence-corrected chi connectivity index (χ1v) is 15.7. The minimum absolute atomic E-state index is 0.000185. The molecule has 0 aromatic rings. The molecule has 0 amide bonds. The highest BCUT2D eigenvalue weighted by atomic mass is 16.6. The molecule has 6 rings (SSSR count). The molecule has 12 unspecified atom stereocenters. The van der Waals surface area contributed by atoms with E-state index < -0.39 is 5.60 Å². The normalized spacial score (nSPS) is 39.2.